The highest BCUT2D eigenvalue weighted by molar-refractivity contribution is 5.94. The minimum absolute atomic E-state index is 0.0943. The topological polar surface area (TPSA) is 63.4 Å². The average Bonchev–Trinajstić information content (AvgIpc) is 3.12. The molecule has 1 amide bonds. The number of Topliss-reactive ketones (excluding diaryl/α,β-unsaturated/α-hetero) is 1. The van der Waals surface area contributed by atoms with Crippen molar-refractivity contribution >= 4 is 11.7 Å². The molecule has 0 atom stereocenters. The minimum atomic E-state index is 0.0943. The van der Waals surface area contributed by atoms with Crippen LogP contribution in [0.2, 0.25) is 0 Å². The lowest BCUT2D eigenvalue weighted by Crippen LogP contribution is -2.35. The first kappa shape index (κ1) is 19.4. The van der Waals surface area contributed by atoms with Gasteiger partial charge < -0.3 is 9.47 Å². The monoisotopic (exact) mass is 371 g/mol. The third kappa shape index (κ3) is 5.07. The van der Waals surface area contributed by atoms with Crippen LogP contribution in [0, 0.1) is 6.92 Å². The SMILES string of the molecule is CC(=O)c1cc(CN2CCCN(C(=O)CCn3cc(C)cn3)CC2)n(C)c1. The van der Waals surface area contributed by atoms with E-state index in [0.717, 1.165) is 56.0 Å². The summed E-state index contributed by atoms with van der Waals surface area (Å²) in [4.78, 5) is 28.5. The molecule has 0 aromatic carbocycles. The van der Waals surface area contributed by atoms with Gasteiger partial charge in [-0.1, -0.05) is 0 Å². The van der Waals surface area contributed by atoms with Gasteiger partial charge in [-0.05, 0) is 31.9 Å². The van der Waals surface area contributed by atoms with E-state index in [4.69, 9.17) is 0 Å². The molecular formula is C20H29N5O2. The van der Waals surface area contributed by atoms with Crippen LogP contribution in [0.25, 0.3) is 0 Å². The second-order valence-electron chi connectivity index (χ2n) is 7.43. The Bertz CT molecular complexity index is 807. The second-order valence-corrected chi connectivity index (χ2v) is 7.43. The predicted octanol–water partition coefficient (Wildman–Crippen LogP) is 1.86. The molecule has 0 N–H and O–H groups in total. The van der Waals surface area contributed by atoms with Crippen molar-refractivity contribution in [3.8, 4) is 0 Å². The Labute approximate surface area is 160 Å². The Balaban J connectivity index is 1.51. The Morgan fingerprint density at radius 3 is 2.63 bits per heavy atom. The molecule has 1 aliphatic rings. The molecular weight excluding hydrogens is 342 g/mol. The van der Waals surface area contributed by atoms with Crippen LogP contribution in [0.15, 0.2) is 24.7 Å². The highest BCUT2D eigenvalue weighted by Crippen LogP contribution is 2.13. The van der Waals surface area contributed by atoms with Gasteiger partial charge in [-0.15, -0.1) is 0 Å². The van der Waals surface area contributed by atoms with Gasteiger partial charge in [0, 0.05) is 76.4 Å². The first-order valence-corrected chi connectivity index (χ1v) is 9.58. The Hall–Kier alpha value is -2.41. The molecule has 0 saturated carbocycles. The van der Waals surface area contributed by atoms with Crippen molar-refractivity contribution in [1.29, 1.82) is 0 Å². The lowest BCUT2D eigenvalue weighted by atomic mass is 10.2. The van der Waals surface area contributed by atoms with Crippen LogP contribution < -0.4 is 0 Å². The van der Waals surface area contributed by atoms with Crippen LogP contribution in [0.3, 0.4) is 0 Å². The maximum Gasteiger partial charge on any atom is 0.224 e. The summed E-state index contributed by atoms with van der Waals surface area (Å²) in [5, 5.41) is 4.24. The van der Waals surface area contributed by atoms with Gasteiger partial charge in [0.25, 0.3) is 0 Å². The van der Waals surface area contributed by atoms with E-state index in [1.807, 2.05) is 52.8 Å². The number of ketones is 1. The van der Waals surface area contributed by atoms with E-state index in [0.29, 0.717) is 13.0 Å². The fourth-order valence-corrected chi connectivity index (χ4v) is 3.52. The van der Waals surface area contributed by atoms with Crippen molar-refractivity contribution in [3.05, 3.63) is 41.5 Å². The zero-order valence-electron chi connectivity index (χ0n) is 16.5. The van der Waals surface area contributed by atoms with Crippen molar-refractivity contribution in [2.45, 2.75) is 39.8 Å². The molecule has 1 aliphatic heterocycles. The number of aryl methyl sites for hydroxylation is 3. The molecule has 0 spiro atoms. The molecule has 27 heavy (non-hydrogen) atoms. The van der Waals surface area contributed by atoms with Crippen LogP contribution in [0.1, 0.15) is 41.4 Å². The van der Waals surface area contributed by atoms with Crippen molar-refractivity contribution in [1.82, 2.24) is 24.1 Å². The van der Waals surface area contributed by atoms with Crippen LogP contribution in [-0.2, 0) is 24.9 Å². The smallest absolute Gasteiger partial charge is 0.224 e. The van der Waals surface area contributed by atoms with Gasteiger partial charge in [-0.2, -0.15) is 5.10 Å². The Kier molecular flexibility index (Phi) is 6.11. The number of amides is 1. The summed E-state index contributed by atoms with van der Waals surface area (Å²) in [5.74, 6) is 0.291. The van der Waals surface area contributed by atoms with Crippen LogP contribution >= 0.6 is 0 Å². The van der Waals surface area contributed by atoms with E-state index < -0.39 is 0 Å². The van der Waals surface area contributed by atoms with Crippen LogP contribution in [0.5, 0.6) is 0 Å². The maximum absolute atomic E-state index is 12.6. The molecule has 3 rings (SSSR count). The van der Waals surface area contributed by atoms with E-state index in [2.05, 4.69) is 10.00 Å². The lowest BCUT2D eigenvalue weighted by Gasteiger charge is -2.22. The standard InChI is InChI=1S/C20H29N5O2/c1-16-12-21-25(13-16)8-5-20(27)24-7-4-6-23(9-10-24)15-19-11-18(17(2)26)14-22(19)3/h11-14H,4-10,15H2,1-3H3. The first-order valence-electron chi connectivity index (χ1n) is 9.58. The predicted molar refractivity (Wildman–Crippen MR) is 103 cm³/mol. The fourth-order valence-electron chi connectivity index (χ4n) is 3.52. The second kappa shape index (κ2) is 8.52. The maximum atomic E-state index is 12.6. The molecule has 146 valence electrons. The van der Waals surface area contributed by atoms with Gasteiger partial charge in [-0.25, -0.2) is 0 Å². The van der Waals surface area contributed by atoms with Crippen molar-refractivity contribution < 1.29 is 9.59 Å². The molecule has 1 fully saturated rings. The summed E-state index contributed by atoms with van der Waals surface area (Å²) < 4.78 is 3.86. The number of carbonyl (C=O) groups excluding carboxylic acids is 2. The largest absolute Gasteiger partial charge is 0.353 e. The highest BCUT2D eigenvalue weighted by Gasteiger charge is 2.20. The van der Waals surface area contributed by atoms with Crippen LogP contribution in [-0.4, -0.2) is 62.0 Å². The number of nitrogens with zero attached hydrogens (tertiary/aromatic N) is 5. The zero-order chi connectivity index (χ0) is 19.4. The van der Waals surface area contributed by atoms with Gasteiger partial charge in [-0.3, -0.25) is 19.2 Å². The highest BCUT2D eigenvalue weighted by atomic mass is 16.2. The summed E-state index contributed by atoms with van der Waals surface area (Å²) in [5.41, 5.74) is 3.00. The number of carbonyl (C=O) groups is 2. The van der Waals surface area contributed by atoms with E-state index in [9.17, 15) is 9.59 Å². The van der Waals surface area contributed by atoms with Crippen molar-refractivity contribution in [2.24, 2.45) is 7.05 Å². The van der Waals surface area contributed by atoms with Crippen molar-refractivity contribution in [3.63, 3.8) is 0 Å². The molecule has 7 nitrogen and oxygen atoms in total. The summed E-state index contributed by atoms with van der Waals surface area (Å²) in [7, 11) is 1.98. The lowest BCUT2D eigenvalue weighted by molar-refractivity contribution is -0.131. The third-order valence-corrected chi connectivity index (χ3v) is 5.16. The van der Waals surface area contributed by atoms with E-state index in [-0.39, 0.29) is 11.7 Å². The number of aromatic nitrogens is 3. The number of rotatable bonds is 6. The number of hydrogen-bond acceptors (Lipinski definition) is 4. The summed E-state index contributed by atoms with van der Waals surface area (Å²) in [6.45, 7) is 8.40. The third-order valence-electron chi connectivity index (χ3n) is 5.16. The summed E-state index contributed by atoms with van der Waals surface area (Å²) in [6.07, 6.45) is 7.13. The normalized spacial score (nSPS) is 15.7. The van der Waals surface area contributed by atoms with E-state index in [1.54, 1.807) is 6.92 Å². The van der Waals surface area contributed by atoms with Gasteiger partial charge in [0.05, 0.1) is 6.20 Å². The molecule has 0 radical (unpaired) electrons. The summed E-state index contributed by atoms with van der Waals surface area (Å²) >= 11 is 0. The average molecular weight is 371 g/mol. The molecule has 0 bridgehead atoms. The quantitative estimate of drug-likeness (QED) is 0.727. The fraction of sp³-hybridized carbons (Fsp3) is 0.550. The molecule has 2 aromatic heterocycles. The molecule has 2 aromatic rings. The Morgan fingerprint density at radius 2 is 1.96 bits per heavy atom. The number of hydrogen-bond donors (Lipinski definition) is 0. The summed E-state index contributed by atoms with van der Waals surface area (Å²) in [6, 6.07) is 1.97. The molecule has 7 heteroatoms. The molecule has 0 aliphatic carbocycles. The zero-order valence-corrected chi connectivity index (χ0v) is 16.5. The molecule has 1 saturated heterocycles. The van der Waals surface area contributed by atoms with E-state index in [1.165, 1.54) is 0 Å². The van der Waals surface area contributed by atoms with Gasteiger partial charge in [0.2, 0.25) is 5.91 Å². The Morgan fingerprint density at radius 1 is 1.15 bits per heavy atom. The minimum Gasteiger partial charge on any atom is -0.353 e. The first-order chi connectivity index (χ1) is 12.9. The van der Waals surface area contributed by atoms with Gasteiger partial charge in [0.15, 0.2) is 5.78 Å². The van der Waals surface area contributed by atoms with Crippen LogP contribution in [0.4, 0.5) is 0 Å². The molecule has 0 unspecified atom stereocenters. The van der Waals surface area contributed by atoms with Crippen molar-refractivity contribution in [2.75, 3.05) is 26.2 Å². The van der Waals surface area contributed by atoms with Gasteiger partial charge >= 0.3 is 0 Å². The van der Waals surface area contributed by atoms with Gasteiger partial charge in [0.1, 0.15) is 0 Å². The molecule has 3 heterocycles. The van der Waals surface area contributed by atoms with E-state index >= 15 is 0 Å².